The number of rotatable bonds is 2. The normalized spacial score (nSPS) is 17.4. The molecule has 4 nitrogen and oxygen atoms in total. The number of nitrogens with zero attached hydrogens (tertiary/aromatic N) is 2. The van der Waals surface area contributed by atoms with Crippen molar-refractivity contribution >= 4 is 11.7 Å². The predicted molar refractivity (Wildman–Crippen MR) is 58.5 cm³/mol. The molecule has 0 aromatic carbocycles. The van der Waals surface area contributed by atoms with Gasteiger partial charge in [0, 0.05) is 32.0 Å². The first-order chi connectivity index (χ1) is 7.75. The van der Waals surface area contributed by atoms with E-state index in [2.05, 4.69) is 4.98 Å². The van der Waals surface area contributed by atoms with Crippen molar-refractivity contribution in [3.63, 3.8) is 0 Å². The molecule has 1 aromatic rings. The Morgan fingerprint density at radius 3 is 2.81 bits per heavy atom. The first kappa shape index (κ1) is 10.8. The number of pyridine rings is 1. The second-order valence-electron chi connectivity index (χ2n) is 3.93. The highest BCUT2D eigenvalue weighted by Crippen LogP contribution is 2.11. The molecule has 2 rings (SSSR count). The average molecular weight is 218 g/mol. The average Bonchev–Trinajstić information content (AvgIpc) is 2.46. The van der Waals surface area contributed by atoms with Crippen LogP contribution in [0.2, 0.25) is 0 Å². The van der Waals surface area contributed by atoms with Gasteiger partial charge in [0.25, 0.3) is 0 Å². The molecule has 0 unspecified atom stereocenters. The van der Waals surface area contributed by atoms with Crippen molar-refractivity contribution in [2.75, 3.05) is 6.54 Å². The van der Waals surface area contributed by atoms with Crippen LogP contribution in [-0.4, -0.2) is 28.1 Å². The lowest BCUT2D eigenvalue weighted by Crippen LogP contribution is -2.30. The van der Waals surface area contributed by atoms with Crippen LogP contribution in [0.3, 0.4) is 0 Å². The molecule has 0 N–H and O–H groups in total. The van der Waals surface area contributed by atoms with E-state index in [1.165, 1.54) is 0 Å². The summed E-state index contributed by atoms with van der Waals surface area (Å²) in [6, 6.07) is 5.63. The summed E-state index contributed by atoms with van der Waals surface area (Å²) < 4.78 is 0. The van der Waals surface area contributed by atoms with E-state index in [4.69, 9.17) is 0 Å². The van der Waals surface area contributed by atoms with Gasteiger partial charge in [0.05, 0.1) is 12.2 Å². The Bertz CT molecular complexity index is 389. The smallest absolute Gasteiger partial charge is 0.223 e. The van der Waals surface area contributed by atoms with Crippen LogP contribution in [0.1, 0.15) is 25.0 Å². The van der Waals surface area contributed by atoms with Crippen LogP contribution in [-0.2, 0) is 16.1 Å². The number of hydrogen-bond acceptors (Lipinski definition) is 3. The van der Waals surface area contributed by atoms with Gasteiger partial charge in [-0.25, -0.2) is 0 Å². The number of ketones is 1. The summed E-state index contributed by atoms with van der Waals surface area (Å²) in [6.45, 7) is 1.03. The third-order valence-corrected chi connectivity index (χ3v) is 2.71. The summed E-state index contributed by atoms with van der Waals surface area (Å²) in [5.41, 5.74) is 0.866. The van der Waals surface area contributed by atoms with Crippen LogP contribution >= 0.6 is 0 Å². The summed E-state index contributed by atoms with van der Waals surface area (Å²) in [7, 11) is 0. The molecule has 1 amide bonds. The first-order valence-electron chi connectivity index (χ1n) is 5.45. The molecule has 1 aliphatic heterocycles. The number of carbonyl (C=O) groups excluding carboxylic acids is 2. The second-order valence-corrected chi connectivity index (χ2v) is 3.93. The Morgan fingerprint density at radius 2 is 2.06 bits per heavy atom. The molecule has 1 fully saturated rings. The topological polar surface area (TPSA) is 50.3 Å². The van der Waals surface area contributed by atoms with E-state index in [1.54, 1.807) is 11.1 Å². The Kier molecular flexibility index (Phi) is 3.29. The summed E-state index contributed by atoms with van der Waals surface area (Å²) in [4.78, 5) is 28.8. The maximum Gasteiger partial charge on any atom is 0.223 e. The minimum absolute atomic E-state index is 0.0523. The zero-order valence-electron chi connectivity index (χ0n) is 9.06. The van der Waals surface area contributed by atoms with Crippen molar-refractivity contribution in [3.8, 4) is 0 Å². The first-order valence-corrected chi connectivity index (χ1v) is 5.45. The van der Waals surface area contributed by atoms with Crippen molar-refractivity contribution in [1.29, 1.82) is 0 Å². The Balaban J connectivity index is 2.03. The van der Waals surface area contributed by atoms with Crippen LogP contribution in [0.5, 0.6) is 0 Å². The third-order valence-electron chi connectivity index (χ3n) is 2.71. The van der Waals surface area contributed by atoms with Gasteiger partial charge in [0.2, 0.25) is 5.91 Å². The zero-order chi connectivity index (χ0) is 11.4. The van der Waals surface area contributed by atoms with Crippen molar-refractivity contribution in [2.24, 2.45) is 0 Å². The fraction of sp³-hybridized carbons (Fsp3) is 0.417. The van der Waals surface area contributed by atoms with Crippen LogP contribution in [0.4, 0.5) is 0 Å². The van der Waals surface area contributed by atoms with Crippen molar-refractivity contribution in [2.45, 2.75) is 25.8 Å². The molecule has 0 aliphatic carbocycles. The minimum Gasteiger partial charge on any atom is -0.336 e. The van der Waals surface area contributed by atoms with E-state index >= 15 is 0 Å². The molecule has 0 radical (unpaired) electrons. The minimum atomic E-state index is 0.0523. The lowest BCUT2D eigenvalue weighted by atomic mass is 10.2. The summed E-state index contributed by atoms with van der Waals surface area (Å²) in [6.07, 6.45) is 2.91. The van der Waals surface area contributed by atoms with Gasteiger partial charge in [-0.1, -0.05) is 6.07 Å². The Hall–Kier alpha value is -1.71. The Labute approximate surface area is 94.3 Å². The molecular formula is C12H14N2O2. The molecule has 2 heterocycles. The van der Waals surface area contributed by atoms with Crippen LogP contribution in [0, 0.1) is 0 Å². The van der Waals surface area contributed by atoms with Gasteiger partial charge < -0.3 is 4.90 Å². The van der Waals surface area contributed by atoms with Gasteiger partial charge in [-0.05, 0) is 12.1 Å². The fourth-order valence-electron chi connectivity index (χ4n) is 1.77. The highest BCUT2D eigenvalue weighted by atomic mass is 16.2. The number of amides is 1. The van der Waals surface area contributed by atoms with E-state index in [9.17, 15) is 9.59 Å². The quantitative estimate of drug-likeness (QED) is 0.748. The molecule has 4 heteroatoms. The summed E-state index contributed by atoms with van der Waals surface area (Å²) >= 11 is 0. The standard InChI is InChI=1S/C12H14N2O2/c15-11-4-5-12(16)14(8-6-11)9-10-3-1-2-7-13-10/h1-3,7H,4-6,8-9H2. The number of aromatic nitrogens is 1. The fourth-order valence-corrected chi connectivity index (χ4v) is 1.77. The second kappa shape index (κ2) is 4.88. The third kappa shape index (κ3) is 2.66. The maximum absolute atomic E-state index is 11.7. The number of hydrogen-bond donors (Lipinski definition) is 0. The van der Waals surface area contributed by atoms with Gasteiger partial charge in [-0.3, -0.25) is 14.6 Å². The van der Waals surface area contributed by atoms with E-state index in [1.807, 2.05) is 18.2 Å². The van der Waals surface area contributed by atoms with Gasteiger partial charge in [-0.2, -0.15) is 0 Å². The maximum atomic E-state index is 11.7. The van der Waals surface area contributed by atoms with E-state index in [-0.39, 0.29) is 11.7 Å². The van der Waals surface area contributed by atoms with E-state index in [0.29, 0.717) is 32.4 Å². The monoisotopic (exact) mass is 218 g/mol. The van der Waals surface area contributed by atoms with Crippen molar-refractivity contribution < 1.29 is 9.59 Å². The van der Waals surface area contributed by atoms with E-state index < -0.39 is 0 Å². The molecule has 16 heavy (non-hydrogen) atoms. The molecule has 1 aliphatic rings. The predicted octanol–water partition coefficient (Wildman–Crippen LogP) is 1.16. The highest BCUT2D eigenvalue weighted by molar-refractivity contribution is 5.87. The molecule has 0 bridgehead atoms. The SMILES string of the molecule is O=C1CCC(=O)N(Cc2ccccn2)CC1. The van der Waals surface area contributed by atoms with E-state index in [0.717, 1.165) is 5.69 Å². The van der Waals surface area contributed by atoms with Gasteiger partial charge in [-0.15, -0.1) is 0 Å². The lowest BCUT2D eigenvalue weighted by molar-refractivity contribution is -0.131. The van der Waals surface area contributed by atoms with Crippen LogP contribution in [0.25, 0.3) is 0 Å². The number of carbonyl (C=O) groups is 2. The Morgan fingerprint density at radius 1 is 1.19 bits per heavy atom. The van der Waals surface area contributed by atoms with Gasteiger partial charge in [0.15, 0.2) is 0 Å². The van der Waals surface area contributed by atoms with Crippen LogP contribution < -0.4 is 0 Å². The lowest BCUT2D eigenvalue weighted by Gasteiger charge is -2.19. The molecule has 84 valence electrons. The zero-order valence-corrected chi connectivity index (χ0v) is 9.06. The summed E-state index contributed by atoms with van der Waals surface area (Å²) in [5.74, 6) is 0.230. The molecule has 0 atom stereocenters. The summed E-state index contributed by atoms with van der Waals surface area (Å²) in [5, 5.41) is 0. The molecule has 0 saturated carbocycles. The van der Waals surface area contributed by atoms with Crippen molar-refractivity contribution in [1.82, 2.24) is 9.88 Å². The number of likely N-dealkylation sites (tertiary alicyclic amines) is 1. The molecule has 0 spiro atoms. The molecular weight excluding hydrogens is 204 g/mol. The molecule has 1 saturated heterocycles. The molecule has 1 aromatic heterocycles. The largest absolute Gasteiger partial charge is 0.336 e. The van der Waals surface area contributed by atoms with Crippen LogP contribution in [0.15, 0.2) is 24.4 Å². The number of Topliss-reactive ketones (excluding diaryl/α,β-unsaturated/α-hetero) is 1. The van der Waals surface area contributed by atoms with Gasteiger partial charge in [0.1, 0.15) is 5.78 Å². The highest BCUT2D eigenvalue weighted by Gasteiger charge is 2.20. The van der Waals surface area contributed by atoms with Gasteiger partial charge >= 0.3 is 0 Å². The van der Waals surface area contributed by atoms with Crippen molar-refractivity contribution in [3.05, 3.63) is 30.1 Å².